The van der Waals surface area contributed by atoms with E-state index in [0.717, 1.165) is 17.7 Å². The Morgan fingerprint density at radius 1 is 0.864 bits per heavy atom. The molecule has 22 heavy (non-hydrogen) atoms. The predicted octanol–water partition coefficient (Wildman–Crippen LogP) is 3.75. The average Bonchev–Trinajstić information content (AvgIpc) is 2.53. The molecule has 0 spiro atoms. The minimum atomic E-state index is -0.723. The summed E-state index contributed by atoms with van der Waals surface area (Å²) in [6.07, 6.45) is 1.29. The van der Waals surface area contributed by atoms with Gasteiger partial charge in [0, 0.05) is 5.56 Å². The minimum absolute atomic E-state index is 0.151. The highest BCUT2D eigenvalue weighted by Gasteiger charge is 2.14. The third-order valence-corrected chi connectivity index (χ3v) is 3.14. The summed E-state index contributed by atoms with van der Waals surface area (Å²) in [5.74, 6) is -1.30. The summed E-state index contributed by atoms with van der Waals surface area (Å²) in [4.78, 5) is 8.09. The number of nitrogens with zero attached hydrogens (tertiary/aromatic N) is 2. The Kier molecular flexibility index (Phi) is 3.65. The summed E-state index contributed by atoms with van der Waals surface area (Å²) >= 11 is 0. The number of hydrogen-bond acceptors (Lipinski definition) is 4. The monoisotopic (exact) mass is 298 g/mol. The number of benzene rings is 2. The second-order valence-corrected chi connectivity index (χ2v) is 4.57. The number of para-hydroxylation sites is 1. The van der Waals surface area contributed by atoms with Gasteiger partial charge in [0.15, 0.2) is 5.82 Å². The number of rotatable bonds is 3. The van der Waals surface area contributed by atoms with Gasteiger partial charge in [0.2, 0.25) is 0 Å². The summed E-state index contributed by atoms with van der Waals surface area (Å²) in [6.45, 7) is 0. The molecule has 0 aliphatic carbocycles. The molecule has 0 unspecified atom stereocenters. The molecule has 0 amide bonds. The summed E-state index contributed by atoms with van der Waals surface area (Å²) in [5.41, 5.74) is 7.24. The fourth-order valence-electron chi connectivity index (χ4n) is 2.06. The van der Waals surface area contributed by atoms with Gasteiger partial charge in [0.1, 0.15) is 29.3 Å². The number of nitrogens with two attached hydrogens (primary N) is 1. The van der Waals surface area contributed by atoms with Crippen molar-refractivity contribution < 1.29 is 8.78 Å². The number of hydrogen-bond donors (Lipinski definition) is 2. The Morgan fingerprint density at radius 2 is 1.55 bits per heavy atom. The first kappa shape index (κ1) is 13.9. The van der Waals surface area contributed by atoms with Crippen molar-refractivity contribution in [1.29, 1.82) is 0 Å². The second kappa shape index (κ2) is 5.77. The van der Waals surface area contributed by atoms with Crippen LogP contribution in [-0.2, 0) is 0 Å². The highest BCUT2D eigenvalue weighted by atomic mass is 19.1. The van der Waals surface area contributed by atoms with Gasteiger partial charge in [-0.3, -0.25) is 0 Å². The smallest absolute Gasteiger partial charge is 0.157 e. The molecule has 3 aromatic rings. The molecule has 0 radical (unpaired) electrons. The largest absolute Gasteiger partial charge is 0.394 e. The van der Waals surface area contributed by atoms with Gasteiger partial charge >= 0.3 is 0 Å². The van der Waals surface area contributed by atoms with E-state index in [2.05, 4.69) is 15.3 Å². The predicted molar refractivity (Wildman–Crippen MR) is 81.5 cm³/mol. The highest BCUT2D eigenvalue weighted by molar-refractivity contribution is 5.82. The molecule has 0 aliphatic rings. The molecular formula is C16H12F2N4. The van der Waals surface area contributed by atoms with E-state index < -0.39 is 11.6 Å². The molecule has 1 aromatic heterocycles. The van der Waals surface area contributed by atoms with Crippen molar-refractivity contribution in [3.8, 4) is 11.3 Å². The molecule has 0 saturated heterocycles. The zero-order chi connectivity index (χ0) is 15.5. The van der Waals surface area contributed by atoms with E-state index in [1.54, 1.807) is 0 Å². The van der Waals surface area contributed by atoms with Gasteiger partial charge < -0.3 is 11.1 Å². The fraction of sp³-hybridized carbons (Fsp3) is 0. The first-order valence-electron chi connectivity index (χ1n) is 6.53. The molecule has 0 fully saturated rings. The zero-order valence-electron chi connectivity index (χ0n) is 11.4. The minimum Gasteiger partial charge on any atom is -0.394 e. The number of nitrogens with one attached hydrogen (secondary N) is 1. The Bertz CT molecular complexity index is 786. The molecule has 3 N–H and O–H groups in total. The van der Waals surface area contributed by atoms with Gasteiger partial charge in [-0.2, -0.15) is 0 Å². The van der Waals surface area contributed by atoms with Crippen molar-refractivity contribution in [2.75, 3.05) is 11.1 Å². The molecule has 110 valence electrons. The maximum atomic E-state index is 13.7. The topological polar surface area (TPSA) is 63.8 Å². The molecule has 0 aliphatic heterocycles. The molecule has 0 saturated carbocycles. The van der Waals surface area contributed by atoms with Crippen LogP contribution in [0.4, 0.5) is 26.0 Å². The molecule has 2 aromatic carbocycles. The molecule has 4 nitrogen and oxygen atoms in total. The number of aromatic nitrogens is 2. The summed E-state index contributed by atoms with van der Waals surface area (Å²) in [6, 6.07) is 12.8. The van der Waals surface area contributed by atoms with Crippen molar-refractivity contribution in [2.45, 2.75) is 0 Å². The Hall–Kier alpha value is -3.02. The maximum Gasteiger partial charge on any atom is 0.157 e. The van der Waals surface area contributed by atoms with Crippen LogP contribution < -0.4 is 11.1 Å². The van der Waals surface area contributed by atoms with Crippen molar-refractivity contribution in [2.24, 2.45) is 0 Å². The normalized spacial score (nSPS) is 10.5. The van der Waals surface area contributed by atoms with Crippen LogP contribution in [-0.4, -0.2) is 9.97 Å². The van der Waals surface area contributed by atoms with Crippen LogP contribution in [0.1, 0.15) is 0 Å². The Balaban J connectivity index is 2.03. The third kappa shape index (κ3) is 2.58. The molecule has 6 heteroatoms. The van der Waals surface area contributed by atoms with Crippen molar-refractivity contribution >= 4 is 17.2 Å². The van der Waals surface area contributed by atoms with Crippen LogP contribution in [0.3, 0.4) is 0 Å². The number of halogens is 2. The molecule has 3 rings (SSSR count). The van der Waals surface area contributed by atoms with E-state index >= 15 is 0 Å². The van der Waals surface area contributed by atoms with Crippen LogP contribution in [0.25, 0.3) is 11.3 Å². The highest BCUT2D eigenvalue weighted by Crippen LogP contribution is 2.31. The first-order valence-corrected chi connectivity index (χ1v) is 6.53. The lowest BCUT2D eigenvalue weighted by Crippen LogP contribution is -2.05. The standard InChI is InChI=1S/C16H12F2N4/c17-11-7-4-8-12(18)15(11)22-16-13(19)14(20-9-21-16)10-5-2-1-3-6-10/h1-9H,19H2,(H,20,21,22). The molecule has 0 bridgehead atoms. The quantitative estimate of drug-likeness (QED) is 0.773. The zero-order valence-corrected chi connectivity index (χ0v) is 11.4. The lowest BCUT2D eigenvalue weighted by atomic mass is 10.1. The summed E-state index contributed by atoms with van der Waals surface area (Å²) in [7, 11) is 0. The molecule has 1 heterocycles. The van der Waals surface area contributed by atoms with E-state index in [1.807, 2.05) is 30.3 Å². The van der Waals surface area contributed by atoms with Crippen molar-refractivity contribution in [3.05, 3.63) is 66.5 Å². The number of anilines is 3. The van der Waals surface area contributed by atoms with Gasteiger partial charge in [0.05, 0.1) is 5.69 Å². The van der Waals surface area contributed by atoms with Crippen LogP contribution in [0.15, 0.2) is 54.9 Å². The van der Waals surface area contributed by atoms with Crippen LogP contribution in [0.5, 0.6) is 0 Å². The van der Waals surface area contributed by atoms with E-state index in [0.29, 0.717) is 5.69 Å². The van der Waals surface area contributed by atoms with Gasteiger partial charge in [-0.1, -0.05) is 36.4 Å². The van der Waals surface area contributed by atoms with Crippen LogP contribution in [0.2, 0.25) is 0 Å². The second-order valence-electron chi connectivity index (χ2n) is 4.57. The summed E-state index contributed by atoms with van der Waals surface area (Å²) in [5, 5.41) is 2.59. The van der Waals surface area contributed by atoms with Gasteiger partial charge in [-0.25, -0.2) is 18.7 Å². The van der Waals surface area contributed by atoms with Crippen molar-refractivity contribution in [1.82, 2.24) is 9.97 Å². The fourth-order valence-corrected chi connectivity index (χ4v) is 2.06. The van der Waals surface area contributed by atoms with E-state index in [-0.39, 0.29) is 17.2 Å². The summed E-state index contributed by atoms with van der Waals surface area (Å²) < 4.78 is 27.4. The first-order chi connectivity index (χ1) is 10.7. The Morgan fingerprint density at radius 3 is 2.23 bits per heavy atom. The molecular weight excluding hydrogens is 286 g/mol. The Labute approximate surface area is 125 Å². The van der Waals surface area contributed by atoms with Gasteiger partial charge in [-0.15, -0.1) is 0 Å². The molecule has 0 atom stereocenters. The lowest BCUT2D eigenvalue weighted by molar-refractivity contribution is 0.590. The van der Waals surface area contributed by atoms with E-state index in [1.165, 1.54) is 12.4 Å². The SMILES string of the molecule is Nc1c(Nc2c(F)cccc2F)ncnc1-c1ccccc1. The lowest BCUT2D eigenvalue weighted by Gasteiger charge is -2.12. The van der Waals surface area contributed by atoms with Gasteiger partial charge in [-0.05, 0) is 12.1 Å². The van der Waals surface area contributed by atoms with Crippen LogP contribution >= 0.6 is 0 Å². The third-order valence-electron chi connectivity index (χ3n) is 3.14. The van der Waals surface area contributed by atoms with Gasteiger partial charge in [0.25, 0.3) is 0 Å². The van der Waals surface area contributed by atoms with Crippen LogP contribution in [0, 0.1) is 11.6 Å². The number of nitrogen functional groups attached to an aromatic ring is 1. The van der Waals surface area contributed by atoms with E-state index in [4.69, 9.17) is 5.73 Å². The van der Waals surface area contributed by atoms with Crippen molar-refractivity contribution in [3.63, 3.8) is 0 Å². The maximum absolute atomic E-state index is 13.7. The average molecular weight is 298 g/mol. The van der Waals surface area contributed by atoms with E-state index in [9.17, 15) is 8.78 Å².